The number of halogens is 5. The summed E-state index contributed by atoms with van der Waals surface area (Å²) in [5.41, 5.74) is 2.41. The SMILES string of the molecule is Cc1cccc(C(=O)Nc2cc(C3=CC(c4cc(Cl)cc(Cl)c4)(C(F)(F)F)ON3)ccc2C)c1. The van der Waals surface area contributed by atoms with Crippen molar-refractivity contribution in [3.63, 3.8) is 0 Å². The number of hydrogen-bond acceptors (Lipinski definition) is 3. The molecule has 1 atom stereocenters. The molecule has 0 aliphatic carbocycles. The van der Waals surface area contributed by atoms with Gasteiger partial charge in [-0.25, -0.2) is 0 Å². The van der Waals surface area contributed by atoms with E-state index in [1.165, 1.54) is 6.07 Å². The summed E-state index contributed by atoms with van der Waals surface area (Å²) >= 11 is 11.9. The Bertz CT molecular complexity index is 1290. The first-order valence-electron chi connectivity index (χ1n) is 10.2. The van der Waals surface area contributed by atoms with Crippen molar-refractivity contribution in [2.75, 3.05) is 5.32 Å². The number of hydrogen-bond donors (Lipinski definition) is 2. The van der Waals surface area contributed by atoms with Crippen LogP contribution in [-0.4, -0.2) is 12.1 Å². The molecule has 2 N–H and O–H groups in total. The van der Waals surface area contributed by atoms with Crippen molar-refractivity contribution in [3.8, 4) is 0 Å². The molecular weight excluding hydrogens is 488 g/mol. The van der Waals surface area contributed by atoms with Gasteiger partial charge in [0.25, 0.3) is 5.91 Å². The van der Waals surface area contributed by atoms with Gasteiger partial charge in [0.05, 0.1) is 5.70 Å². The van der Waals surface area contributed by atoms with E-state index in [9.17, 15) is 18.0 Å². The third kappa shape index (κ3) is 4.64. The molecule has 4 nitrogen and oxygen atoms in total. The molecular formula is C25H19Cl2F3N2O2. The predicted octanol–water partition coefficient (Wildman–Crippen LogP) is 7.20. The average molecular weight is 507 g/mol. The second kappa shape index (κ2) is 8.98. The van der Waals surface area contributed by atoms with Crippen molar-refractivity contribution in [2.45, 2.75) is 25.6 Å². The van der Waals surface area contributed by atoms with E-state index in [1.807, 2.05) is 13.0 Å². The van der Waals surface area contributed by atoms with Crippen LogP contribution >= 0.6 is 23.2 Å². The van der Waals surface area contributed by atoms with Crippen LogP contribution in [0.1, 0.15) is 32.6 Å². The van der Waals surface area contributed by atoms with E-state index in [0.29, 0.717) is 16.8 Å². The first-order valence-corrected chi connectivity index (χ1v) is 10.9. The zero-order chi connectivity index (χ0) is 24.7. The fourth-order valence-electron chi connectivity index (χ4n) is 3.66. The number of aryl methyl sites for hydroxylation is 2. The van der Waals surface area contributed by atoms with Gasteiger partial charge in [0.15, 0.2) is 0 Å². The van der Waals surface area contributed by atoms with E-state index < -0.39 is 11.8 Å². The quantitative estimate of drug-likeness (QED) is 0.393. The third-order valence-electron chi connectivity index (χ3n) is 5.46. The second-order valence-electron chi connectivity index (χ2n) is 8.01. The molecule has 3 aromatic rings. The van der Waals surface area contributed by atoms with E-state index in [0.717, 1.165) is 29.3 Å². The number of carbonyl (C=O) groups excluding carboxylic acids is 1. The Labute approximate surface area is 204 Å². The highest BCUT2D eigenvalue weighted by molar-refractivity contribution is 6.34. The number of alkyl halides is 3. The molecule has 3 aromatic carbocycles. The van der Waals surface area contributed by atoms with Crippen molar-refractivity contribution < 1.29 is 22.8 Å². The van der Waals surface area contributed by atoms with Crippen LogP contribution in [0.3, 0.4) is 0 Å². The molecule has 1 aliphatic rings. The van der Waals surface area contributed by atoms with Gasteiger partial charge < -0.3 is 5.32 Å². The lowest BCUT2D eigenvalue weighted by Crippen LogP contribution is -2.42. The third-order valence-corrected chi connectivity index (χ3v) is 5.90. The Balaban J connectivity index is 1.71. The Hall–Kier alpha value is -3.00. The molecule has 0 fully saturated rings. The molecule has 1 aliphatic heterocycles. The molecule has 0 aromatic heterocycles. The summed E-state index contributed by atoms with van der Waals surface area (Å²) in [5.74, 6) is -0.327. The average Bonchev–Trinajstić information content (AvgIpc) is 3.22. The minimum Gasteiger partial charge on any atom is -0.322 e. The van der Waals surface area contributed by atoms with Crippen molar-refractivity contribution in [2.24, 2.45) is 0 Å². The van der Waals surface area contributed by atoms with Crippen LogP contribution in [0, 0.1) is 13.8 Å². The Morgan fingerprint density at radius 2 is 1.71 bits per heavy atom. The van der Waals surface area contributed by atoms with Crippen molar-refractivity contribution in [1.82, 2.24) is 5.48 Å². The van der Waals surface area contributed by atoms with Gasteiger partial charge in [-0.2, -0.15) is 13.2 Å². The molecule has 0 saturated carbocycles. The molecule has 0 bridgehead atoms. The van der Waals surface area contributed by atoms with Gasteiger partial charge in [-0.1, -0.05) is 53.0 Å². The number of rotatable bonds is 4. The van der Waals surface area contributed by atoms with Crippen LogP contribution < -0.4 is 10.8 Å². The fraction of sp³-hybridized carbons (Fsp3) is 0.160. The smallest absolute Gasteiger partial charge is 0.322 e. The lowest BCUT2D eigenvalue weighted by atomic mass is 9.91. The van der Waals surface area contributed by atoms with Gasteiger partial charge in [0.1, 0.15) is 0 Å². The summed E-state index contributed by atoms with van der Waals surface area (Å²) < 4.78 is 42.7. The van der Waals surface area contributed by atoms with Gasteiger partial charge in [-0.3, -0.25) is 15.1 Å². The maximum Gasteiger partial charge on any atom is 0.428 e. The van der Waals surface area contributed by atoms with E-state index in [1.54, 1.807) is 43.3 Å². The standard InChI is InChI=1S/C25H19Cl2F3N2O2/c1-14-4-3-5-17(8-14)23(33)31-21-9-16(7-6-15(21)2)22-13-24(34-32-22,25(28,29)30)18-10-19(26)12-20(27)11-18/h3-13,32H,1-2H3,(H,31,33). The van der Waals surface area contributed by atoms with E-state index in [2.05, 4.69) is 10.8 Å². The van der Waals surface area contributed by atoms with Crippen LogP contribution in [0.15, 0.2) is 66.7 Å². The number of hydroxylamine groups is 1. The van der Waals surface area contributed by atoms with Crippen LogP contribution in [-0.2, 0) is 10.4 Å². The number of anilines is 1. The number of amides is 1. The number of nitrogens with one attached hydrogen (secondary N) is 2. The lowest BCUT2D eigenvalue weighted by Gasteiger charge is -2.28. The summed E-state index contributed by atoms with van der Waals surface area (Å²) in [6.07, 6.45) is -3.88. The maximum absolute atomic E-state index is 14.2. The molecule has 4 rings (SSSR count). The van der Waals surface area contributed by atoms with Crippen LogP contribution in [0.2, 0.25) is 10.0 Å². The number of carbonyl (C=O) groups is 1. The maximum atomic E-state index is 14.2. The highest BCUT2D eigenvalue weighted by Crippen LogP contribution is 2.48. The van der Waals surface area contributed by atoms with Crippen LogP contribution in [0.25, 0.3) is 5.70 Å². The minimum absolute atomic E-state index is 0.0491. The normalized spacial score (nSPS) is 17.8. The van der Waals surface area contributed by atoms with Crippen LogP contribution in [0.5, 0.6) is 0 Å². The molecule has 1 heterocycles. The second-order valence-corrected chi connectivity index (χ2v) is 8.88. The molecule has 9 heteroatoms. The van der Waals surface area contributed by atoms with E-state index >= 15 is 0 Å². The first-order chi connectivity index (χ1) is 16.0. The summed E-state index contributed by atoms with van der Waals surface area (Å²) in [5, 5.41) is 2.92. The highest BCUT2D eigenvalue weighted by Gasteiger charge is 2.59. The zero-order valence-electron chi connectivity index (χ0n) is 18.1. The number of benzene rings is 3. The Morgan fingerprint density at radius 1 is 1.00 bits per heavy atom. The van der Waals surface area contributed by atoms with Gasteiger partial charge in [0, 0.05) is 32.4 Å². The largest absolute Gasteiger partial charge is 0.428 e. The molecule has 34 heavy (non-hydrogen) atoms. The zero-order valence-corrected chi connectivity index (χ0v) is 19.6. The van der Waals surface area contributed by atoms with Gasteiger partial charge in [0.2, 0.25) is 5.60 Å². The summed E-state index contributed by atoms with van der Waals surface area (Å²) in [7, 11) is 0. The first kappa shape index (κ1) is 24.1. The molecule has 0 saturated heterocycles. The monoisotopic (exact) mass is 506 g/mol. The summed E-state index contributed by atoms with van der Waals surface area (Å²) in [6.45, 7) is 3.66. The van der Waals surface area contributed by atoms with Crippen molar-refractivity contribution in [1.29, 1.82) is 0 Å². The highest BCUT2D eigenvalue weighted by atomic mass is 35.5. The van der Waals surface area contributed by atoms with E-state index in [-0.39, 0.29) is 27.2 Å². The van der Waals surface area contributed by atoms with Crippen molar-refractivity contribution in [3.05, 3.63) is 105 Å². The lowest BCUT2D eigenvalue weighted by molar-refractivity contribution is -0.269. The molecule has 176 valence electrons. The van der Waals surface area contributed by atoms with E-state index in [4.69, 9.17) is 28.0 Å². The molecule has 0 radical (unpaired) electrons. The topological polar surface area (TPSA) is 50.4 Å². The predicted molar refractivity (Wildman–Crippen MR) is 127 cm³/mol. The molecule has 0 spiro atoms. The van der Waals surface area contributed by atoms with Crippen LogP contribution in [0.4, 0.5) is 18.9 Å². The minimum atomic E-state index is -4.82. The Morgan fingerprint density at radius 3 is 2.35 bits per heavy atom. The molecule has 1 amide bonds. The Kier molecular flexibility index (Phi) is 6.38. The van der Waals surface area contributed by atoms with Gasteiger partial charge in [-0.05, 0) is 61.9 Å². The molecule has 1 unspecified atom stereocenters. The summed E-state index contributed by atoms with van der Waals surface area (Å²) in [6, 6.07) is 15.7. The van der Waals surface area contributed by atoms with Gasteiger partial charge in [-0.15, -0.1) is 0 Å². The van der Waals surface area contributed by atoms with Gasteiger partial charge >= 0.3 is 6.18 Å². The van der Waals surface area contributed by atoms with Crippen molar-refractivity contribution >= 4 is 40.5 Å². The summed E-state index contributed by atoms with van der Waals surface area (Å²) in [4.78, 5) is 17.8. The fourth-order valence-corrected chi connectivity index (χ4v) is 4.18.